The number of methoxy groups -OCH3 is 1. The molecule has 1 rings (SSSR count). The minimum Gasteiger partial charge on any atom is -0.497 e. The van der Waals surface area contributed by atoms with E-state index < -0.39 is 0 Å². The lowest BCUT2D eigenvalue weighted by atomic mass is 9.99. The first-order valence-corrected chi connectivity index (χ1v) is 6.86. The zero-order valence-corrected chi connectivity index (χ0v) is 12.7. The van der Waals surface area contributed by atoms with E-state index in [0.29, 0.717) is 13.1 Å². The number of amides is 1. The number of benzene rings is 1. The minimum atomic E-state index is -0.0807. The van der Waals surface area contributed by atoms with Crippen molar-refractivity contribution in [3.05, 3.63) is 29.8 Å². The molecule has 1 aromatic rings. The third kappa shape index (κ3) is 4.51. The van der Waals surface area contributed by atoms with E-state index in [1.807, 2.05) is 50.1 Å². The number of rotatable bonds is 7. The number of nitrogens with zero attached hydrogens (tertiary/aromatic N) is 1. The second-order valence-corrected chi connectivity index (χ2v) is 4.95. The first-order chi connectivity index (χ1) is 9.49. The molecule has 112 valence electrons. The fourth-order valence-corrected chi connectivity index (χ4v) is 2.34. The first-order valence-electron chi connectivity index (χ1n) is 6.86. The van der Waals surface area contributed by atoms with Crippen molar-refractivity contribution in [2.45, 2.75) is 25.9 Å². The Balaban J connectivity index is 2.84. The summed E-state index contributed by atoms with van der Waals surface area (Å²) in [6, 6.07) is 7.70. The Bertz CT molecular complexity index is 418. The molecule has 0 aliphatic heterocycles. The van der Waals surface area contributed by atoms with Crippen LogP contribution in [-0.4, -0.2) is 44.1 Å². The van der Waals surface area contributed by atoms with Crippen molar-refractivity contribution < 1.29 is 9.53 Å². The van der Waals surface area contributed by atoms with E-state index in [1.165, 1.54) is 0 Å². The smallest absolute Gasteiger partial charge is 0.234 e. The summed E-state index contributed by atoms with van der Waals surface area (Å²) in [4.78, 5) is 13.7. The van der Waals surface area contributed by atoms with Crippen molar-refractivity contribution in [1.29, 1.82) is 0 Å². The van der Waals surface area contributed by atoms with Crippen molar-refractivity contribution in [2.24, 2.45) is 5.73 Å². The molecule has 0 aliphatic carbocycles. The minimum absolute atomic E-state index is 0.00848. The van der Waals surface area contributed by atoms with Gasteiger partial charge in [-0.15, -0.1) is 0 Å². The van der Waals surface area contributed by atoms with Crippen LogP contribution in [0.5, 0.6) is 5.75 Å². The normalized spacial score (nSPS) is 13.9. The van der Waals surface area contributed by atoms with Crippen LogP contribution in [-0.2, 0) is 4.79 Å². The molecule has 0 aliphatic rings. The maximum atomic E-state index is 11.7. The van der Waals surface area contributed by atoms with Gasteiger partial charge in [-0.05, 0) is 38.6 Å². The van der Waals surface area contributed by atoms with Gasteiger partial charge in [0.25, 0.3) is 0 Å². The van der Waals surface area contributed by atoms with Crippen molar-refractivity contribution >= 4 is 5.91 Å². The van der Waals surface area contributed by atoms with Crippen molar-refractivity contribution in [3.8, 4) is 5.75 Å². The lowest BCUT2D eigenvalue weighted by molar-refractivity contribution is -0.122. The van der Waals surface area contributed by atoms with Gasteiger partial charge in [0.2, 0.25) is 5.91 Å². The van der Waals surface area contributed by atoms with E-state index in [4.69, 9.17) is 10.5 Å². The third-order valence-electron chi connectivity index (χ3n) is 3.20. The van der Waals surface area contributed by atoms with Gasteiger partial charge in [0.15, 0.2) is 0 Å². The zero-order chi connectivity index (χ0) is 15.1. The molecule has 0 saturated heterocycles. The summed E-state index contributed by atoms with van der Waals surface area (Å²) in [5.41, 5.74) is 7.16. The largest absolute Gasteiger partial charge is 0.497 e. The van der Waals surface area contributed by atoms with Crippen molar-refractivity contribution in [1.82, 2.24) is 10.2 Å². The Labute approximate surface area is 121 Å². The highest BCUT2D eigenvalue weighted by Crippen LogP contribution is 2.24. The first kappa shape index (κ1) is 16.5. The number of hydrogen-bond acceptors (Lipinski definition) is 4. The molecule has 0 aromatic heterocycles. The van der Waals surface area contributed by atoms with Gasteiger partial charge in [0.05, 0.1) is 13.7 Å². The molecular formula is C15H25N3O2. The zero-order valence-electron chi connectivity index (χ0n) is 12.7. The maximum Gasteiger partial charge on any atom is 0.234 e. The predicted molar refractivity (Wildman–Crippen MR) is 80.7 cm³/mol. The lowest BCUT2D eigenvalue weighted by Crippen LogP contribution is -2.42. The Morgan fingerprint density at radius 2 is 2.00 bits per heavy atom. The van der Waals surface area contributed by atoms with Crippen LogP contribution in [0.1, 0.15) is 25.5 Å². The monoisotopic (exact) mass is 279 g/mol. The molecule has 2 unspecified atom stereocenters. The topological polar surface area (TPSA) is 67.6 Å². The number of likely N-dealkylation sites (N-methyl/N-ethyl adjacent to an activating group) is 2. The molecule has 3 N–H and O–H groups in total. The van der Waals surface area contributed by atoms with Gasteiger partial charge < -0.3 is 15.8 Å². The van der Waals surface area contributed by atoms with Crippen molar-refractivity contribution in [2.75, 3.05) is 27.2 Å². The summed E-state index contributed by atoms with van der Waals surface area (Å²) in [6.07, 6.45) is 0. The Morgan fingerprint density at radius 1 is 1.40 bits per heavy atom. The van der Waals surface area contributed by atoms with E-state index in [9.17, 15) is 4.79 Å². The summed E-state index contributed by atoms with van der Waals surface area (Å²) in [5, 5.41) is 2.80. The van der Waals surface area contributed by atoms with E-state index in [0.717, 1.165) is 11.3 Å². The van der Waals surface area contributed by atoms with Crippen LogP contribution in [0.4, 0.5) is 0 Å². The number of nitrogens with two attached hydrogens (primary N) is 1. The van der Waals surface area contributed by atoms with Crippen LogP contribution in [0.15, 0.2) is 24.3 Å². The standard InChI is InChI=1S/C15H25N3O2/c1-5-17-14(19)10-18(3)15(11(2)16)12-6-8-13(20-4)9-7-12/h6-9,11,15H,5,10,16H2,1-4H3,(H,17,19). The van der Waals surface area contributed by atoms with E-state index in [1.54, 1.807) is 7.11 Å². The average Bonchev–Trinajstić information content (AvgIpc) is 2.39. The van der Waals surface area contributed by atoms with Crippen LogP contribution in [0.3, 0.4) is 0 Å². The van der Waals surface area contributed by atoms with Gasteiger partial charge in [-0.3, -0.25) is 9.69 Å². The predicted octanol–water partition coefficient (Wildman–Crippen LogP) is 1.15. The highest BCUT2D eigenvalue weighted by Gasteiger charge is 2.22. The van der Waals surface area contributed by atoms with Gasteiger partial charge >= 0.3 is 0 Å². The molecule has 0 fully saturated rings. The number of ether oxygens (including phenoxy) is 1. The molecule has 0 heterocycles. The molecule has 0 bridgehead atoms. The highest BCUT2D eigenvalue weighted by molar-refractivity contribution is 5.77. The van der Waals surface area contributed by atoms with Gasteiger partial charge in [0, 0.05) is 18.6 Å². The van der Waals surface area contributed by atoms with Crippen LogP contribution in [0.25, 0.3) is 0 Å². The fourth-order valence-electron chi connectivity index (χ4n) is 2.34. The molecule has 5 nitrogen and oxygen atoms in total. The number of carbonyl (C=O) groups excluding carboxylic acids is 1. The van der Waals surface area contributed by atoms with Gasteiger partial charge in [-0.25, -0.2) is 0 Å². The van der Waals surface area contributed by atoms with E-state index in [2.05, 4.69) is 5.32 Å². The molecule has 1 aromatic carbocycles. The van der Waals surface area contributed by atoms with E-state index >= 15 is 0 Å². The summed E-state index contributed by atoms with van der Waals surface area (Å²) in [7, 11) is 3.55. The fraction of sp³-hybridized carbons (Fsp3) is 0.533. The quantitative estimate of drug-likeness (QED) is 0.786. The second-order valence-electron chi connectivity index (χ2n) is 4.95. The maximum absolute atomic E-state index is 11.7. The third-order valence-corrected chi connectivity index (χ3v) is 3.20. The number of hydrogen-bond donors (Lipinski definition) is 2. The van der Waals surface area contributed by atoms with Crippen molar-refractivity contribution in [3.63, 3.8) is 0 Å². The molecule has 20 heavy (non-hydrogen) atoms. The van der Waals surface area contributed by atoms with Gasteiger partial charge in [-0.2, -0.15) is 0 Å². The lowest BCUT2D eigenvalue weighted by Gasteiger charge is -2.31. The highest BCUT2D eigenvalue weighted by atomic mass is 16.5. The summed E-state index contributed by atoms with van der Waals surface area (Å²) < 4.78 is 5.16. The molecule has 0 saturated carbocycles. The van der Waals surface area contributed by atoms with Crippen LogP contribution in [0.2, 0.25) is 0 Å². The molecule has 2 atom stereocenters. The second kappa shape index (κ2) is 7.87. The Hall–Kier alpha value is -1.59. The molecule has 0 spiro atoms. The van der Waals surface area contributed by atoms with Crippen LogP contribution in [0, 0.1) is 0 Å². The Morgan fingerprint density at radius 3 is 2.45 bits per heavy atom. The van der Waals surface area contributed by atoms with Crippen LogP contribution < -0.4 is 15.8 Å². The Kier molecular flexibility index (Phi) is 6.48. The average molecular weight is 279 g/mol. The van der Waals surface area contributed by atoms with Gasteiger partial charge in [0.1, 0.15) is 5.75 Å². The summed E-state index contributed by atoms with van der Waals surface area (Å²) >= 11 is 0. The molecule has 0 radical (unpaired) electrons. The number of nitrogens with one attached hydrogen (secondary N) is 1. The van der Waals surface area contributed by atoms with Gasteiger partial charge in [-0.1, -0.05) is 12.1 Å². The summed E-state index contributed by atoms with van der Waals surface area (Å²) in [6.45, 7) is 4.82. The molecule has 5 heteroatoms. The summed E-state index contributed by atoms with van der Waals surface area (Å²) in [5.74, 6) is 0.817. The molecule has 1 amide bonds. The van der Waals surface area contributed by atoms with Crippen LogP contribution >= 0.6 is 0 Å². The SMILES string of the molecule is CCNC(=O)CN(C)C(c1ccc(OC)cc1)C(C)N. The van der Waals surface area contributed by atoms with E-state index in [-0.39, 0.29) is 18.0 Å². The molecular weight excluding hydrogens is 254 g/mol. The number of carbonyl (C=O) groups is 1.